The minimum atomic E-state index is 1.10. The molecule has 0 radical (unpaired) electrons. The zero-order valence-corrected chi connectivity index (χ0v) is 8.49. The zero-order chi connectivity index (χ0) is 8.53. The molecule has 0 amide bonds. The van der Waals surface area contributed by atoms with E-state index in [1.807, 2.05) is 0 Å². The zero-order valence-electron chi connectivity index (χ0n) is 7.68. The Morgan fingerprint density at radius 1 is 1.18 bits per heavy atom. The van der Waals surface area contributed by atoms with Crippen LogP contribution in [0.3, 0.4) is 0 Å². The van der Waals surface area contributed by atoms with Crippen molar-refractivity contribution in [3.63, 3.8) is 0 Å². The van der Waals surface area contributed by atoms with E-state index in [2.05, 4.69) is 18.7 Å². The van der Waals surface area contributed by atoms with E-state index < -0.39 is 0 Å². The Labute approximate surface area is 74.7 Å². The summed E-state index contributed by atoms with van der Waals surface area (Å²) in [6, 6.07) is 0. The normalized spacial score (nSPS) is 10.9. The molecule has 0 fully saturated rings. The SMILES string of the molecule is CCN(CC)CCCCSN. The Hall–Kier alpha value is 0.270. The van der Waals surface area contributed by atoms with E-state index in [1.165, 1.54) is 44.4 Å². The number of rotatable bonds is 7. The summed E-state index contributed by atoms with van der Waals surface area (Å²) >= 11 is 1.45. The second-order valence-corrected chi connectivity index (χ2v) is 3.35. The second kappa shape index (κ2) is 8.37. The van der Waals surface area contributed by atoms with Gasteiger partial charge in [-0.15, -0.1) is 0 Å². The highest BCUT2D eigenvalue weighted by atomic mass is 32.2. The first-order chi connectivity index (χ1) is 5.35. The fourth-order valence-corrected chi connectivity index (χ4v) is 1.43. The molecule has 0 aromatic rings. The molecule has 0 heterocycles. The molecule has 0 spiro atoms. The molecule has 2 nitrogen and oxygen atoms in total. The largest absolute Gasteiger partial charge is 0.304 e. The van der Waals surface area contributed by atoms with Crippen LogP contribution >= 0.6 is 11.9 Å². The summed E-state index contributed by atoms with van der Waals surface area (Å²) in [7, 11) is 0. The smallest absolute Gasteiger partial charge is 0.00769 e. The molecule has 0 atom stereocenters. The van der Waals surface area contributed by atoms with Gasteiger partial charge in [-0.05, 0) is 32.5 Å². The molecular weight excluding hydrogens is 156 g/mol. The summed E-state index contributed by atoms with van der Waals surface area (Å²) in [5.74, 6) is 1.10. The number of hydrogen-bond acceptors (Lipinski definition) is 3. The predicted octanol–water partition coefficient (Wildman–Crippen LogP) is 1.72. The molecule has 3 heteroatoms. The van der Waals surface area contributed by atoms with Crippen LogP contribution in [-0.2, 0) is 0 Å². The Morgan fingerprint density at radius 3 is 2.27 bits per heavy atom. The van der Waals surface area contributed by atoms with Gasteiger partial charge in [0.1, 0.15) is 0 Å². The maximum absolute atomic E-state index is 5.31. The summed E-state index contributed by atoms with van der Waals surface area (Å²) < 4.78 is 0. The van der Waals surface area contributed by atoms with E-state index in [9.17, 15) is 0 Å². The van der Waals surface area contributed by atoms with E-state index in [-0.39, 0.29) is 0 Å². The molecular formula is C8H20N2S. The Bertz CT molecular complexity index is 74.5. The molecule has 0 saturated carbocycles. The quantitative estimate of drug-likeness (QED) is 0.473. The molecule has 0 aliphatic rings. The minimum Gasteiger partial charge on any atom is -0.304 e. The summed E-state index contributed by atoms with van der Waals surface area (Å²) in [4.78, 5) is 2.45. The van der Waals surface area contributed by atoms with Gasteiger partial charge in [0.2, 0.25) is 0 Å². The van der Waals surface area contributed by atoms with Crippen molar-refractivity contribution in [2.45, 2.75) is 26.7 Å². The van der Waals surface area contributed by atoms with Gasteiger partial charge in [0.15, 0.2) is 0 Å². The average molecular weight is 176 g/mol. The molecule has 0 aliphatic carbocycles. The first kappa shape index (κ1) is 11.3. The molecule has 0 saturated heterocycles. The van der Waals surface area contributed by atoms with Gasteiger partial charge in [-0.1, -0.05) is 25.8 Å². The topological polar surface area (TPSA) is 29.3 Å². The van der Waals surface area contributed by atoms with Crippen LogP contribution in [0.1, 0.15) is 26.7 Å². The highest BCUT2D eigenvalue weighted by Gasteiger charge is 1.96. The molecule has 0 bridgehead atoms. The third-order valence-electron chi connectivity index (χ3n) is 1.88. The minimum absolute atomic E-state index is 1.10. The Balaban J connectivity index is 3.07. The van der Waals surface area contributed by atoms with Crippen LogP contribution in [0, 0.1) is 0 Å². The highest BCUT2D eigenvalue weighted by molar-refractivity contribution is 7.97. The standard InChI is InChI=1S/C8H20N2S/c1-3-10(4-2)7-5-6-8-11-9/h3-9H2,1-2H3. The van der Waals surface area contributed by atoms with Crippen molar-refractivity contribution in [2.75, 3.05) is 25.4 Å². The van der Waals surface area contributed by atoms with Gasteiger partial charge in [0, 0.05) is 5.75 Å². The maximum atomic E-state index is 5.31. The summed E-state index contributed by atoms with van der Waals surface area (Å²) in [6.45, 7) is 7.99. The third kappa shape index (κ3) is 6.66. The molecule has 2 N–H and O–H groups in total. The van der Waals surface area contributed by atoms with E-state index in [0.29, 0.717) is 0 Å². The van der Waals surface area contributed by atoms with Gasteiger partial charge in [0.05, 0.1) is 0 Å². The molecule has 68 valence electrons. The molecule has 0 rings (SSSR count). The van der Waals surface area contributed by atoms with Crippen molar-refractivity contribution in [2.24, 2.45) is 5.14 Å². The van der Waals surface area contributed by atoms with Crippen LogP contribution in [0.4, 0.5) is 0 Å². The second-order valence-electron chi connectivity index (χ2n) is 2.60. The van der Waals surface area contributed by atoms with Crippen LogP contribution < -0.4 is 5.14 Å². The molecule has 0 aliphatic heterocycles. The van der Waals surface area contributed by atoms with Gasteiger partial charge in [0.25, 0.3) is 0 Å². The van der Waals surface area contributed by atoms with Gasteiger partial charge in [-0.25, -0.2) is 0 Å². The first-order valence-corrected chi connectivity index (χ1v) is 5.44. The van der Waals surface area contributed by atoms with Gasteiger partial charge in [-0.2, -0.15) is 0 Å². The van der Waals surface area contributed by atoms with Crippen molar-refractivity contribution >= 4 is 11.9 Å². The van der Waals surface area contributed by atoms with Crippen LogP contribution in [0.5, 0.6) is 0 Å². The van der Waals surface area contributed by atoms with E-state index in [1.54, 1.807) is 0 Å². The predicted molar refractivity (Wildman–Crippen MR) is 53.7 cm³/mol. The van der Waals surface area contributed by atoms with Crippen LogP contribution in [0.2, 0.25) is 0 Å². The average Bonchev–Trinajstić information content (AvgIpc) is 2.05. The highest BCUT2D eigenvalue weighted by Crippen LogP contribution is 1.98. The van der Waals surface area contributed by atoms with Gasteiger partial charge >= 0.3 is 0 Å². The van der Waals surface area contributed by atoms with E-state index >= 15 is 0 Å². The maximum Gasteiger partial charge on any atom is 0.00769 e. The van der Waals surface area contributed by atoms with Crippen LogP contribution in [0.15, 0.2) is 0 Å². The monoisotopic (exact) mass is 176 g/mol. The van der Waals surface area contributed by atoms with Crippen LogP contribution in [0.25, 0.3) is 0 Å². The number of hydrogen-bond donors (Lipinski definition) is 1. The van der Waals surface area contributed by atoms with Crippen molar-refractivity contribution in [1.29, 1.82) is 0 Å². The lowest BCUT2D eigenvalue weighted by Crippen LogP contribution is -2.23. The molecule has 0 unspecified atom stereocenters. The van der Waals surface area contributed by atoms with E-state index in [0.717, 1.165) is 5.75 Å². The fourth-order valence-electron chi connectivity index (χ4n) is 1.06. The van der Waals surface area contributed by atoms with Crippen molar-refractivity contribution in [1.82, 2.24) is 4.90 Å². The lowest BCUT2D eigenvalue weighted by molar-refractivity contribution is 0.299. The third-order valence-corrected chi connectivity index (χ3v) is 2.41. The van der Waals surface area contributed by atoms with Crippen molar-refractivity contribution in [3.05, 3.63) is 0 Å². The van der Waals surface area contributed by atoms with E-state index in [4.69, 9.17) is 5.14 Å². The number of unbranched alkanes of at least 4 members (excludes halogenated alkanes) is 1. The molecule has 0 aromatic carbocycles. The lowest BCUT2D eigenvalue weighted by Gasteiger charge is -2.17. The summed E-state index contributed by atoms with van der Waals surface area (Å²) in [5, 5.41) is 5.31. The summed E-state index contributed by atoms with van der Waals surface area (Å²) in [6.07, 6.45) is 2.53. The lowest BCUT2D eigenvalue weighted by atomic mass is 10.3. The number of nitrogens with zero attached hydrogens (tertiary/aromatic N) is 1. The first-order valence-electron chi connectivity index (χ1n) is 4.39. The van der Waals surface area contributed by atoms with Crippen LogP contribution in [-0.4, -0.2) is 30.3 Å². The fraction of sp³-hybridized carbons (Fsp3) is 1.00. The van der Waals surface area contributed by atoms with Crippen molar-refractivity contribution < 1.29 is 0 Å². The Morgan fingerprint density at radius 2 is 1.82 bits per heavy atom. The van der Waals surface area contributed by atoms with Gasteiger partial charge in [-0.3, -0.25) is 5.14 Å². The summed E-state index contributed by atoms with van der Waals surface area (Å²) in [5.41, 5.74) is 0. The number of nitrogens with two attached hydrogens (primary N) is 1. The van der Waals surface area contributed by atoms with Crippen molar-refractivity contribution in [3.8, 4) is 0 Å². The van der Waals surface area contributed by atoms with Gasteiger partial charge < -0.3 is 4.90 Å². The molecule has 0 aromatic heterocycles. The molecule has 11 heavy (non-hydrogen) atoms. The Kier molecular flexibility index (Phi) is 8.57.